The highest BCUT2D eigenvalue weighted by Crippen LogP contribution is 2.35. The number of hydrogen-bond acceptors (Lipinski definition) is 2. The monoisotopic (exact) mass is 263 g/mol. The predicted octanol–water partition coefficient (Wildman–Crippen LogP) is 4.56. The molecule has 0 saturated heterocycles. The Bertz CT molecular complexity index is 363. The maximum absolute atomic E-state index is 5.78. The fourth-order valence-electron chi connectivity index (χ4n) is 2.60. The van der Waals surface area contributed by atoms with Crippen LogP contribution in [0.25, 0.3) is 0 Å². The molecule has 0 aliphatic heterocycles. The van der Waals surface area contributed by atoms with Crippen LogP contribution in [0.5, 0.6) is 0 Å². The molecule has 18 heavy (non-hydrogen) atoms. The van der Waals surface area contributed by atoms with Gasteiger partial charge >= 0.3 is 0 Å². The van der Waals surface area contributed by atoms with E-state index in [0.717, 1.165) is 5.92 Å². The van der Waals surface area contributed by atoms with Crippen LogP contribution in [-0.2, 0) is 0 Å². The molecule has 0 heterocycles. The molecule has 1 aromatic carbocycles. The quantitative estimate of drug-likeness (QED) is 0.806. The highest BCUT2D eigenvalue weighted by molar-refractivity contribution is 8.00. The van der Waals surface area contributed by atoms with Gasteiger partial charge in [0.25, 0.3) is 0 Å². The van der Waals surface area contributed by atoms with Crippen molar-refractivity contribution in [2.75, 3.05) is 6.54 Å². The van der Waals surface area contributed by atoms with Crippen LogP contribution in [0, 0.1) is 0 Å². The van der Waals surface area contributed by atoms with Crippen molar-refractivity contribution in [1.82, 2.24) is 0 Å². The van der Waals surface area contributed by atoms with Crippen molar-refractivity contribution in [2.24, 2.45) is 5.73 Å². The fourth-order valence-corrected chi connectivity index (χ4v) is 3.60. The summed E-state index contributed by atoms with van der Waals surface area (Å²) in [6, 6.07) is 9.19. The molecular formula is C16H25NS. The van der Waals surface area contributed by atoms with Gasteiger partial charge in [-0.1, -0.05) is 31.4 Å². The second kappa shape index (κ2) is 6.12. The standard InChI is InChI=1S/C16H25NS/c1-16(2,12-17)18-15-10-8-14(9-11-15)13-6-4-3-5-7-13/h8-11,13H,3-7,12,17H2,1-2H3. The topological polar surface area (TPSA) is 26.0 Å². The Morgan fingerprint density at radius 2 is 1.72 bits per heavy atom. The molecule has 0 unspecified atom stereocenters. The van der Waals surface area contributed by atoms with Crippen LogP contribution in [-0.4, -0.2) is 11.3 Å². The van der Waals surface area contributed by atoms with Crippen molar-refractivity contribution >= 4 is 11.8 Å². The van der Waals surface area contributed by atoms with E-state index in [9.17, 15) is 0 Å². The molecule has 100 valence electrons. The zero-order chi connectivity index (χ0) is 13.0. The summed E-state index contributed by atoms with van der Waals surface area (Å²) >= 11 is 1.88. The van der Waals surface area contributed by atoms with E-state index in [2.05, 4.69) is 38.1 Å². The first-order valence-electron chi connectivity index (χ1n) is 7.10. The van der Waals surface area contributed by atoms with Gasteiger partial charge in [0.15, 0.2) is 0 Å². The van der Waals surface area contributed by atoms with E-state index >= 15 is 0 Å². The average Bonchev–Trinajstić information content (AvgIpc) is 2.40. The number of hydrogen-bond donors (Lipinski definition) is 1. The van der Waals surface area contributed by atoms with Gasteiger partial charge in [0.2, 0.25) is 0 Å². The lowest BCUT2D eigenvalue weighted by molar-refractivity contribution is 0.443. The van der Waals surface area contributed by atoms with Gasteiger partial charge in [0, 0.05) is 16.2 Å². The van der Waals surface area contributed by atoms with Gasteiger partial charge in [-0.2, -0.15) is 0 Å². The second-order valence-electron chi connectivity index (χ2n) is 5.97. The summed E-state index contributed by atoms with van der Waals surface area (Å²) in [6.07, 6.45) is 6.99. The van der Waals surface area contributed by atoms with Crippen LogP contribution >= 0.6 is 11.8 Å². The molecule has 0 atom stereocenters. The SMILES string of the molecule is CC(C)(CN)Sc1ccc(C2CCCCC2)cc1. The summed E-state index contributed by atoms with van der Waals surface area (Å²) < 4.78 is 0.131. The first kappa shape index (κ1) is 14.0. The van der Waals surface area contributed by atoms with Gasteiger partial charge in [-0.15, -0.1) is 11.8 Å². The van der Waals surface area contributed by atoms with Crippen molar-refractivity contribution in [3.05, 3.63) is 29.8 Å². The van der Waals surface area contributed by atoms with Crippen molar-refractivity contribution in [2.45, 2.75) is 61.5 Å². The number of benzene rings is 1. The fraction of sp³-hybridized carbons (Fsp3) is 0.625. The van der Waals surface area contributed by atoms with Gasteiger partial charge in [0.1, 0.15) is 0 Å². The highest BCUT2D eigenvalue weighted by atomic mass is 32.2. The first-order chi connectivity index (χ1) is 8.61. The molecule has 0 spiro atoms. The lowest BCUT2D eigenvalue weighted by Crippen LogP contribution is -2.26. The summed E-state index contributed by atoms with van der Waals surface area (Å²) in [7, 11) is 0. The minimum Gasteiger partial charge on any atom is -0.329 e. The molecule has 1 aliphatic carbocycles. The van der Waals surface area contributed by atoms with Crippen LogP contribution in [0.4, 0.5) is 0 Å². The van der Waals surface area contributed by atoms with Gasteiger partial charge in [-0.3, -0.25) is 0 Å². The maximum atomic E-state index is 5.78. The van der Waals surface area contributed by atoms with Crippen LogP contribution in [0.1, 0.15) is 57.4 Å². The number of rotatable bonds is 4. The van der Waals surface area contributed by atoms with E-state index in [1.165, 1.54) is 42.6 Å². The van der Waals surface area contributed by atoms with E-state index in [4.69, 9.17) is 5.73 Å². The molecule has 0 amide bonds. The summed E-state index contributed by atoms with van der Waals surface area (Å²) in [5.41, 5.74) is 7.31. The molecule has 0 aromatic heterocycles. The Morgan fingerprint density at radius 3 is 2.28 bits per heavy atom. The molecule has 1 aromatic rings. The second-order valence-corrected chi connectivity index (χ2v) is 7.75. The van der Waals surface area contributed by atoms with Crippen LogP contribution in [0.15, 0.2) is 29.2 Å². The van der Waals surface area contributed by atoms with Crippen LogP contribution in [0.3, 0.4) is 0 Å². The molecule has 1 saturated carbocycles. The van der Waals surface area contributed by atoms with E-state index in [0.29, 0.717) is 6.54 Å². The van der Waals surface area contributed by atoms with Crippen LogP contribution < -0.4 is 5.73 Å². The molecule has 2 N–H and O–H groups in total. The van der Waals surface area contributed by atoms with Crippen molar-refractivity contribution in [3.63, 3.8) is 0 Å². The predicted molar refractivity (Wildman–Crippen MR) is 81.3 cm³/mol. The summed E-state index contributed by atoms with van der Waals surface area (Å²) in [6.45, 7) is 5.11. The molecule has 0 bridgehead atoms. The Hall–Kier alpha value is -0.470. The lowest BCUT2D eigenvalue weighted by atomic mass is 9.84. The minimum atomic E-state index is 0.131. The normalized spacial score (nSPS) is 17.9. The summed E-state index contributed by atoms with van der Waals surface area (Å²) in [5.74, 6) is 0.806. The molecule has 2 heteroatoms. The third-order valence-electron chi connectivity index (χ3n) is 3.84. The molecular weight excluding hydrogens is 238 g/mol. The third kappa shape index (κ3) is 3.76. The van der Waals surface area contributed by atoms with E-state index < -0.39 is 0 Å². The zero-order valence-corrected chi connectivity index (χ0v) is 12.4. The van der Waals surface area contributed by atoms with Crippen molar-refractivity contribution < 1.29 is 0 Å². The molecule has 1 nitrogen and oxygen atoms in total. The minimum absolute atomic E-state index is 0.131. The van der Waals surface area contributed by atoms with Gasteiger partial charge in [-0.25, -0.2) is 0 Å². The van der Waals surface area contributed by atoms with Gasteiger partial charge in [0.05, 0.1) is 0 Å². The molecule has 2 rings (SSSR count). The van der Waals surface area contributed by atoms with Crippen molar-refractivity contribution in [1.29, 1.82) is 0 Å². The van der Waals surface area contributed by atoms with E-state index in [-0.39, 0.29) is 4.75 Å². The molecule has 1 fully saturated rings. The third-order valence-corrected chi connectivity index (χ3v) is 5.07. The van der Waals surface area contributed by atoms with Gasteiger partial charge < -0.3 is 5.73 Å². The van der Waals surface area contributed by atoms with Crippen molar-refractivity contribution in [3.8, 4) is 0 Å². The molecule has 1 aliphatic rings. The largest absolute Gasteiger partial charge is 0.329 e. The Kier molecular flexibility index (Phi) is 4.74. The first-order valence-corrected chi connectivity index (χ1v) is 7.91. The molecule has 0 radical (unpaired) electrons. The number of nitrogens with two attached hydrogens (primary N) is 1. The van der Waals surface area contributed by atoms with Crippen LogP contribution in [0.2, 0.25) is 0 Å². The van der Waals surface area contributed by atoms with Gasteiger partial charge in [-0.05, 0) is 50.3 Å². The smallest absolute Gasteiger partial charge is 0.0273 e. The zero-order valence-electron chi connectivity index (χ0n) is 11.6. The highest BCUT2D eigenvalue weighted by Gasteiger charge is 2.18. The Balaban J connectivity index is 2.00. The number of thioether (sulfide) groups is 1. The Labute approximate surface area is 116 Å². The summed E-state index contributed by atoms with van der Waals surface area (Å²) in [4.78, 5) is 1.34. The average molecular weight is 263 g/mol. The van der Waals surface area contributed by atoms with E-state index in [1.54, 1.807) is 0 Å². The Morgan fingerprint density at radius 1 is 1.11 bits per heavy atom. The maximum Gasteiger partial charge on any atom is 0.0273 e. The summed E-state index contributed by atoms with van der Waals surface area (Å²) in [5, 5.41) is 0. The van der Waals surface area contributed by atoms with E-state index in [1.807, 2.05) is 11.8 Å². The lowest BCUT2D eigenvalue weighted by Gasteiger charge is -2.24.